The predicted octanol–water partition coefficient (Wildman–Crippen LogP) is 3.89. The molecule has 0 unspecified atom stereocenters. The van der Waals surface area contributed by atoms with Gasteiger partial charge in [0, 0.05) is 10.6 Å². The molecule has 2 aromatic rings. The molecule has 0 nitrogen and oxygen atoms in total. The molecule has 0 spiro atoms. The first-order valence-corrected chi connectivity index (χ1v) is 4.63. The lowest BCUT2D eigenvalue weighted by Gasteiger charge is -2.00. The van der Waals surface area contributed by atoms with Crippen molar-refractivity contribution in [1.82, 2.24) is 0 Å². The van der Waals surface area contributed by atoms with Crippen molar-refractivity contribution in [2.45, 2.75) is 0 Å². The van der Waals surface area contributed by atoms with E-state index in [0.29, 0.717) is 0 Å². The van der Waals surface area contributed by atoms with E-state index in [0.717, 1.165) is 10.6 Å². The fourth-order valence-electron chi connectivity index (χ4n) is 1.90. The summed E-state index contributed by atoms with van der Waals surface area (Å²) in [5.74, 6) is 0. The van der Waals surface area contributed by atoms with Crippen LogP contribution in [-0.2, 0) is 0 Å². The Labute approximate surface area is 81.5 Å². The summed E-state index contributed by atoms with van der Waals surface area (Å²) in [7, 11) is 0. The lowest BCUT2D eigenvalue weighted by Crippen LogP contribution is -1.77. The van der Waals surface area contributed by atoms with Gasteiger partial charge in [-0.15, -0.1) is 0 Å². The third kappa shape index (κ3) is 0.866. The van der Waals surface area contributed by atoms with E-state index in [4.69, 9.17) is 11.6 Å². The van der Waals surface area contributed by atoms with Crippen LogP contribution in [0, 0.1) is 0 Å². The molecule has 0 radical (unpaired) electrons. The Morgan fingerprint density at radius 2 is 1.69 bits per heavy atom. The van der Waals surface area contributed by atoms with E-state index >= 15 is 0 Å². The first-order valence-electron chi connectivity index (χ1n) is 4.25. The van der Waals surface area contributed by atoms with Gasteiger partial charge in [-0.25, -0.2) is 0 Å². The first kappa shape index (κ1) is 7.16. The summed E-state index contributed by atoms with van der Waals surface area (Å²) >= 11 is 6.11. The minimum atomic E-state index is 0.854. The van der Waals surface area contributed by atoms with Crippen molar-refractivity contribution in [2.24, 2.45) is 0 Å². The highest BCUT2D eigenvalue weighted by Crippen LogP contribution is 2.37. The molecule has 0 saturated carbocycles. The average molecular weight is 187 g/mol. The van der Waals surface area contributed by atoms with Crippen molar-refractivity contribution >= 4 is 33.5 Å². The van der Waals surface area contributed by atoms with Gasteiger partial charge in [0.2, 0.25) is 0 Å². The van der Waals surface area contributed by atoms with Crippen molar-refractivity contribution < 1.29 is 0 Å². The standard InChI is InChI=1S/C12H7Cl/c13-11-7-9-5-1-3-8-4-2-6-10(11)12(8)9/h1-7H. The van der Waals surface area contributed by atoms with Crippen LogP contribution in [0.3, 0.4) is 0 Å². The zero-order chi connectivity index (χ0) is 8.84. The molecule has 0 heterocycles. The monoisotopic (exact) mass is 186 g/mol. The van der Waals surface area contributed by atoms with Crippen molar-refractivity contribution in [3.8, 4) is 0 Å². The smallest absolute Gasteiger partial charge is 0.0491 e. The van der Waals surface area contributed by atoms with E-state index in [1.165, 1.54) is 16.3 Å². The normalized spacial score (nSPS) is 13.5. The maximum absolute atomic E-state index is 6.11. The molecule has 1 aliphatic carbocycles. The molecule has 0 bridgehead atoms. The fourth-order valence-corrected chi connectivity index (χ4v) is 2.18. The number of hydrogen-bond donors (Lipinski definition) is 0. The molecule has 0 N–H and O–H groups in total. The molecular formula is C12H7Cl. The minimum Gasteiger partial charge on any atom is -0.0836 e. The molecular weight excluding hydrogens is 180 g/mol. The molecule has 2 aromatic carbocycles. The van der Waals surface area contributed by atoms with Crippen LogP contribution < -0.4 is 0 Å². The van der Waals surface area contributed by atoms with Gasteiger partial charge in [0.25, 0.3) is 0 Å². The molecule has 62 valence electrons. The van der Waals surface area contributed by atoms with E-state index in [-0.39, 0.29) is 0 Å². The summed E-state index contributed by atoms with van der Waals surface area (Å²) in [5.41, 5.74) is 2.40. The summed E-state index contributed by atoms with van der Waals surface area (Å²) in [4.78, 5) is 0. The van der Waals surface area contributed by atoms with E-state index in [2.05, 4.69) is 30.3 Å². The summed E-state index contributed by atoms with van der Waals surface area (Å²) in [6.45, 7) is 0. The van der Waals surface area contributed by atoms with Crippen molar-refractivity contribution in [2.75, 3.05) is 0 Å². The van der Waals surface area contributed by atoms with Gasteiger partial charge in [-0.3, -0.25) is 0 Å². The number of benzene rings is 2. The number of hydrogen-bond acceptors (Lipinski definition) is 0. The van der Waals surface area contributed by atoms with Crippen LogP contribution in [0.1, 0.15) is 11.1 Å². The zero-order valence-electron chi connectivity index (χ0n) is 6.92. The van der Waals surface area contributed by atoms with Gasteiger partial charge in [-0.05, 0) is 22.4 Å². The third-order valence-electron chi connectivity index (χ3n) is 2.48. The fraction of sp³-hybridized carbons (Fsp3) is 0. The Kier molecular flexibility index (Phi) is 1.30. The summed E-state index contributed by atoms with van der Waals surface area (Å²) in [5, 5.41) is 3.41. The highest BCUT2D eigenvalue weighted by molar-refractivity contribution is 6.53. The van der Waals surface area contributed by atoms with Gasteiger partial charge in [0.1, 0.15) is 0 Å². The Hall–Kier alpha value is -1.27. The first-order chi connectivity index (χ1) is 6.36. The zero-order valence-corrected chi connectivity index (χ0v) is 7.68. The SMILES string of the molecule is ClC1=Cc2cccc3cccc1c23. The molecule has 0 saturated heterocycles. The van der Waals surface area contributed by atoms with Crippen molar-refractivity contribution in [3.05, 3.63) is 47.5 Å². The Morgan fingerprint density at radius 1 is 0.923 bits per heavy atom. The van der Waals surface area contributed by atoms with E-state index in [1.807, 2.05) is 12.1 Å². The molecule has 0 fully saturated rings. The second kappa shape index (κ2) is 2.36. The van der Waals surface area contributed by atoms with Gasteiger partial charge in [-0.1, -0.05) is 48.0 Å². The van der Waals surface area contributed by atoms with Crippen LogP contribution in [0.25, 0.3) is 21.9 Å². The Bertz CT molecular complexity index is 518. The van der Waals surface area contributed by atoms with Crippen molar-refractivity contribution in [1.29, 1.82) is 0 Å². The lowest BCUT2D eigenvalue weighted by molar-refractivity contribution is 1.72. The molecule has 1 aliphatic rings. The highest BCUT2D eigenvalue weighted by Gasteiger charge is 2.13. The maximum atomic E-state index is 6.11. The van der Waals surface area contributed by atoms with Crippen LogP contribution >= 0.6 is 11.6 Å². The number of rotatable bonds is 0. The average Bonchev–Trinajstić information content (AvgIpc) is 2.47. The quantitative estimate of drug-likeness (QED) is 0.586. The molecule has 0 aliphatic heterocycles. The minimum absolute atomic E-state index is 0.854. The van der Waals surface area contributed by atoms with Gasteiger partial charge in [0.15, 0.2) is 0 Å². The number of halogens is 1. The Balaban J connectivity index is 2.59. The van der Waals surface area contributed by atoms with Crippen LogP contribution in [-0.4, -0.2) is 0 Å². The predicted molar refractivity (Wildman–Crippen MR) is 57.7 cm³/mol. The Morgan fingerprint density at radius 3 is 2.54 bits per heavy atom. The second-order valence-electron chi connectivity index (χ2n) is 3.24. The third-order valence-corrected chi connectivity index (χ3v) is 2.79. The van der Waals surface area contributed by atoms with Crippen LogP contribution in [0.15, 0.2) is 36.4 Å². The summed E-state index contributed by atoms with van der Waals surface area (Å²) in [6.07, 6.45) is 2.03. The molecule has 0 amide bonds. The highest BCUT2D eigenvalue weighted by atomic mass is 35.5. The maximum Gasteiger partial charge on any atom is 0.0491 e. The van der Waals surface area contributed by atoms with Crippen LogP contribution in [0.4, 0.5) is 0 Å². The second-order valence-corrected chi connectivity index (χ2v) is 3.65. The van der Waals surface area contributed by atoms with E-state index < -0.39 is 0 Å². The van der Waals surface area contributed by atoms with Gasteiger partial charge >= 0.3 is 0 Å². The lowest BCUT2D eigenvalue weighted by atomic mass is 10.0. The largest absolute Gasteiger partial charge is 0.0836 e. The topological polar surface area (TPSA) is 0 Å². The molecule has 13 heavy (non-hydrogen) atoms. The van der Waals surface area contributed by atoms with Crippen LogP contribution in [0.5, 0.6) is 0 Å². The van der Waals surface area contributed by atoms with Gasteiger partial charge in [-0.2, -0.15) is 0 Å². The van der Waals surface area contributed by atoms with Crippen LogP contribution in [0.2, 0.25) is 0 Å². The van der Waals surface area contributed by atoms with Gasteiger partial charge < -0.3 is 0 Å². The van der Waals surface area contributed by atoms with E-state index in [9.17, 15) is 0 Å². The molecule has 0 atom stereocenters. The summed E-state index contributed by atoms with van der Waals surface area (Å²) < 4.78 is 0. The van der Waals surface area contributed by atoms with Gasteiger partial charge in [0.05, 0.1) is 0 Å². The van der Waals surface area contributed by atoms with Crippen molar-refractivity contribution in [3.63, 3.8) is 0 Å². The molecule has 0 aromatic heterocycles. The van der Waals surface area contributed by atoms with E-state index in [1.54, 1.807) is 0 Å². The summed E-state index contributed by atoms with van der Waals surface area (Å²) in [6, 6.07) is 12.5. The molecule has 3 rings (SSSR count). The molecule has 1 heteroatoms.